The summed E-state index contributed by atoms with van der Waals surface area (Å²) in [7, 11) is -3.64. The molecule has 6 rings (SSSR count). The molecule has 176 valence electrons. The van der Waals surface area contributed by atoms with Crippen LogP contribution < -0.4 is 5.32 Å². The van der Waals surface area contributed by atoms with Crippen molar-refractivity contribution in [3.63, 3.8) is 0 Å². The van der Waals surface area contributed by atoms with Crippen LogP contribution >= 0.6 is 0 Å². The van der Waals surface area contributed by atoms with Gasteiger partial charge in [-0.05, 0) is 74.6 Å². The van der Waals surface area contributed by atoms with Gasteiger partial charge in [-0.15, -0.1) is 10.2 Å². The summed E-state index contributed by atoms with van der Waals surface area (Å²) in [6, 6.07) is 5.49. The van der Waals surface area contributed by atoms with Crippen LogP contribution in [0.25, 0.3) is 27.7 Å². The summed E-state index contributed by atoms with van der Waals surface area (Å²) in [4.78, 5) is 0. The topological polar surface area (TPSA) is 81.8 Å². The largest absolute Gasteiger partial charge is 0.369 e. The molecule has 0 bridgehead atoms. The van der Waals surface area contributed by atoms with Crippen LogP contribution in [0.5, 0.6) is 0 Å². The average molecular weight is 484 g/mol. The average Bonchev–Trinajstić information content (AvgIpc) is 3.31. The Kier molecular flexibility index (Phi) is 4.16. The van der Waals surface area contributed by atoms with Gasteiger partial charge >= 0.3 is 0 Å². The van der Waals surface area contributed by atoms with E-state index in [4.69, 9.17) is 0 Å². The lowest BCUT2D eigenvalue weighted by molar-refractivity contribution is 0.520. The molecule has 2 aromatic carbocycles. The quantitative estimate of drug-likeness (QED) is 0.452. The molecule has 0 amide bonds. The molecule has 7 nitrogen and oxygen atoms in total. The highest BCUT2D eigenvalue weighted by Crippen LogP contribution is 2.48. The van der Waals surface area contributed by atoms with Crippen LogP contribution in [0.3, 0.4) is 0 Å². The third-order valence-electron chi connectivity index (χ3n) is 6.74. The minimum Gasteiger partial charge on any atom is -0.369 e. The molecule has 1 N–H and O–H groups in total. The number of anilines is 1. The van der Waals surface area contributed by atoms with Gasteiger partial charge in [-0.3, -0.25) is 4.57 Å². The predicted molar refractivity (Wildman–Crippen MR) is 126 cm³/mol. The molecule has 0 saturated heterocycles. The van der Waals surface area contributed by atoms with Crippen LogP contribution in [-0.2, 0) is 15.6 Å². The number of aromatic nitrogens is 4. The molecular formula is C24H23F2N5O2S. The zero-order valence-electron chi connectivity index (χ0n) is 19.1. The zero-order chi connectivity index (χ0) is 24.2. The Labute approximate surface area is 195 Å². The SMILES string of the molecule is Cc1c(-c2cc(F)cc3c2ccn3S(C)(=O)=O)cc(F)c2c1-n1c(C3CC3)nnc1C(C)(C)N2. The highest BCUT2D eigenvalue weighted by molar-refractivity contribution is 7.89. The monoisotopic (exact) mass is 483 g/mol. The number of nitrogens with zero attached hydrogens (tertiary/aromatic N) is 4. The van der Waals surface area contributed by atoms with Crippen molar-refractivity contribution in [2.24, 2.45) is 0 Å². The van der Waals surface area contributed by atoms with Crippen molar-refractivity contribution >= 4 is 26.6 Å². The summed E-state index contributed by atoms with van der Waals surface area (Å²) in [6.07, 6.45) is 4.46. The normalized spacial score (nSPS) is 16.9. The molecule has 1 aliphatic heterocycles. The Balaban J connectivity index is 1.67. The van der Waals surface area contributed by atoms with Crippen molar-refractivity contribution in [2.45, 2.75) is 45.1 Å². The molecular weight excluding hydrogens is 460 g/mol. The summed E-state index contributed by atoms with van der Waals surface area (Å²) in [6.45, 7) is 5.72. The van der Waals surface area contributed by atoms with E-state index in [0.29, 0.717) is 33.7 Å². The lowest BCUT2D eigenvalue weighted by atomic mass is 9.92. The third kappa shape index (κ3) is 2.94. The van der Waals surface area contributed by atoms with Crippen molar-refractivity contribution in [1.82, 2.24) is 18.7 Å². The first-order valence-electron chi connectivity index (χ1n) is 11.1. The van der Waals surface area contributed by atoms with Gasteiger partial charge in [0.2, 0.25) is 10.0 Å². The van der Waals surface area contributed by atoms with Crippen LogP contribution in [-0.4, -0.2) is 33.4 Å². The molecule has 1 aliphatic carbocycles. The molecule has 3 heterocycles. The molecule has 0 atom stereocenters. The summed E-state index contributed by atoms with van der Waals surface area (Å²) < 4.78 is 57.8. The van der Waals surface area contributed by atoms with Crippen molar-refractivity contribution < 1.29 is 17.2 Å². The van der Waals surface area contributed by atoms with E-state index in [2.05, 4.69) is 15.5 Å². The molecule has 2 aliphatic rings. The summed E-state index contributed by atoms with van der Waals surface area (Å²) >= 11 is 0. The number of hydrogen-bond donors (Lipinski definition) is 1. The number of fused-ring (bicyclic) bond motifs is 4. The zero-order valence-corrected chi connectivity index (χ0v) is 20.0. The molecule has 0 radical (unpaired) electrons. The minimum absolute atomic E-state index is 0.206. The number of rotatable bonds is 3. The molecule has 0 unspecified atom stereocenters. The molecule has 34 heavy (non-hydrogen) atoms. The Bertz CT molecular complexity index is 1630. The second-order valence-electron chi connectivity index (χ2n) is 9.76. The van der Waals surface area contributed by atoms with E-state index < -0.39 is 27.2 Å². The van der Waals surface area contributed by atoms with Gasteiger partial charge in [0.05, 0.1) is 28.7 Å². The van der Waals surface area contributed by atoms with Crippen molar-refractivity contribution in [3.8, 4) is 16.8 Å². The maximum absolute atomic E-state index is 15.7. The molecule has 4 aromatic rings. The number of benzene rings is 2. The lowest BCUT2D eigenvalue weighted by Gasteiger charge is -2.35. The number of halogens is 2. The van der Waals surface area contributed by atoms with Crippen LogP contribution in [0.4, 0.5) is 14.5 Å². The summed E-state index contributed by atoms with van der Waals surface area (Å²) in [5.74, 6) is 0.683. The number of hydrogen-bond acceptors (Lipinski definition) is 5. The van der Waals surface area contributed by atoms with E-state index >= 15 is 4.39 Å². The van der Waals surface area contributed by atoms with Crippen molar-refractivity contribution in [1.29, 1.82) is 0 Å². The Morgan fingerprint density at radius 1 is 1.12 bits per heavy atom. The summed E-state index contributed by atoms with van der Waals surface area (Å²) in [5, 5.41) is 12.7. The first-order valence-corrected chi connectivity index (χ1v) is 12.9. The van der Waals surface area contributed by atoms with Gasteiger partial charge in [0, 0.05) is 17.5 Å². The van der Waals surface area contributed by atoms with Crippen molar-refractivity contribution in [3.05, 3.63) is 59.3 Å². The second-order valence-corrected chi connectivity index (χ2v) is 11.6. The van der Waals surface area contributed by atoms with Gasteiger partial charge in [0.25, 0.3) is 0 Å². The molecule has 0 spiro atoms. The number of nitrogens with one attached hydrogen (secondary N) is 1. The maximum Gasteiger partial charge on any atom is 0.236 e. The molecule has 2 aromatic heterocycles. The van der Waals surface area contributed by atoms with Crippen LogP contribution in [0.1, 0.15) is 49.8 Å². The highest BCUT2D eigenvalue weighted by Gasteiger charge is 2.41. The van der Waals surface area contributed by atoms with Gasteiger partial charge in [0.15, 0.2) is 5.82 Å². The fourth-order valence-corrected chi connectivity index (χ4v) is 5.80. The van der Waals surface area contributed by atoms with Gasteiger partial charge in [-0.1, -0.05) is 0 Å². The van der Waals surface area contributed by atoms with Crippen molar-refractivity contribution in [2.75, 3.05) is 11.6 Å². The fraction of sp³-hybridized carbons (Fsp3) is 0.333. The summed E-state index contributed by atoms with van der Waals surface area (Å²) in [5.41, 5.74) is 2.15. The van der Waals surface area contributed by atoms with Crippen LogP contribution in [0, 0.1) is 18.6 Å². The van der Waals surface area contributed by atoms with Gasteiger partial charge < -0.3 is 5.32 Å². The van der Waals surface area contributed by atoms with E-state index in [1.807, 2.05) is 25.3 Å². The van der Waals surface area contributed by atoms with E-state index in [1.165, 1.54) is 24.4 Å². The van der Waals surface area contributed by atoms with E-state index in [1.54, 1.807) is 6.07 Å². The lowest BCUT2D eigenvalue weighted by Crippen LogP contribution is -2.37. The molecule has 1 saturated carbocycles. The molecule has 10 heteroatoms. The maximum atomic E-state index is 15.7. The fourth-order valence-electron chi connectivity index (χ4n) is 5.00. The van der Waals surface area contributed by atoms with E-state index in [0.717, 1.165) is 34.5 Å². The Morgan fingerprint density at radius 3 is 2.53 bits per heavy atom. The highest BCUT2D eigenvalue weighted by atomic mass is 32.2. The smallest absolute Gasteiger partial charge is 0.236 e. The third-order valence-corrected chi connectivity index (χ3v) is 7.77. The Hall–Kier alpha value is -3.27. The van der Waals surface area contributed by atoms with Gasteiger partial charge in [-0.25, -0.2) is 21.2 Å². The van der Waals surface area contributed by atoms with Crippen LogP contribution in [0.2, 0.25) is 0 Å². The van der Waals surface area contributed by atoms with E-state index in [-0.39, 0.29) is 11.4 Å². The predicted octanol–water partition coefficient (Wildman–Crippen LogP) is 4.82. The first-order chi connectivity index (χ1) is 16.0. The first kappa shape index (κ1) is 21.3. The molecule has 1 fully saturated rings. The van der Waals surface area contributed by atoms with Gasteiger partial charge in [-0.2, -0.15) is 0 Å². The van der Waals surface area contributed by atoms with Gasteiger partial charge in [0.1, 0.15) is 17.5 Å². The Morgan fingerprint density at radius 2 is 1.85 bits per heavy atom. The second kappa shape index (κ2) is 6.65. The van der Waals surface area contributed by atoms with Crippen LogP contribution in [0.15, 0.2) is 30.5 Å². The standard InChI is InChI=1S/C24H23F2N5O2S/c1-12-16(17-9-14(25)10-19-15(17)7-8-30(19)34(4,32)33)11-18(26)20-21(12)31-22(13-5-6-13)28-29-23(31)24(2,3)27-20/h7-11,13,27H,5-6H2,1-4H3. The van der Waals surface area contributed by atoms with E-state index in [9.17, 15) is 12.8 Å². The minimum atomic E-state index is -3.64.